The van der Waals surface area contributed by atoms with E-state index in [9.17, 15) is 4.79 Å². The van der Waals surface area contributed by atoms with Gasteiger partial charge in [-0.2, -0.15) is 12.6 Å². The smallest absolute Gasteiger partial charge is 0.229 e. The van der Waals surface area contributed by atoms with Crippen LogP contribution in [0.2, 0.25) is 0 Å². The number of hydrogen-bond acceptors (Lipinski definition) is 2. The Kier molecular flexibility index (Phi) is 4.53. The van der Waals surface area contributed by atoms with Crippen molar-refractivity contribution in [3.05, 3.63) is 35.9 Å². The molecule has 76 valence electrons. The number of rotatable bonds is 4. The molecule has 0 fully saturated rings. The maximum absolute atomic E-state index is 11.0. The van der Waals surface area contributed by atoms with E-state index in [2.05, 4.69) is 37.0 Å². The van der Waals surface area contributed by atoms with Crippen molar-refractivity contribution in [3.8, 4) is 0 Å². The summed E-state index contributed by atoms with van der Waals surface area (Å²) in [6, 6.07) is 10.1. The fourth-order valence-electron chi connectivity index (χ4n) is 1.22. The van der Waals surface area contributed by atoms with E-state index in [1.807, 2.05) is 18.2 Å². The third-order valence-corrected chi connectivity index (χ3v) is 2.40. The highest BCUT2D eigenvalue weighted by Gasteiger charge is 2.05. The normalized spacial score (nSPS) is 12.1. The summed E-state index contributed by atoms with van der Waals surface area (Å²) in [5.74, 6) is 0.581. The van der Waals surface area contributed by atoms with Gasteiger partial charge < -0.3 is 5.32 Å². The first-order valence-corrected chi connectivity index (χ1v) is 5.29. The summed E-state index contributed by atoms with van der Waals surface area (Å²) in [5.41, 5.74) is 1.24. The Morgan fingerprint density at radius 3 is 2.64 bits per heavy atom. The van der Waals surface area contributed by atoms with Gasteiger partial charge in [-0.15, -0.1) is 0 Å². The average molecular weight is 209 g/mol. The largest absolute Gasteiger partial charge is 0.355 e. The highest BCUT2D eigenvalue weighted by molar-refractivity contribution is 7.81. The van der Waals surface area contributed by atoms with E-state index in [1.165, 1.54) is 5.56 Å². The van der Waals surface area contributed by atoms with Gasteiger partial charge >= 0.3 is 0 Å². The average Bonchev–Trinajstić information content (AvgIpc) is 2.26. The van der Waals surface area contributed by atoms with E-state index < -0.39 is 0 Å². The highest BCUT2D eigenvalue weighted by Crippen LogP contribution is 2.12. The van der Waals surface area contributed by atoms with Gasteiger partial charge in [0.15, 0.2) is 0 Å². The van der Waals surface area contributed by atoms with Crippen LogP contribution in [-0.4, -0.2) is 18.2 Å². The van der Waals surface area contributed by atoms with Crippen molar-refractivity contribution in [2.45, 2.75) is 12.8 Å². The maximum atomic E-state index is 11.0. The molecular weight excluding hydrogens is 194 g/mol. The summed E-state index contributed by atoms with van der Waals surface area (Å²) < 4.78 is 0. The second-order valence-corrected chi connectivity index (χ2v) is 3.59. The van der Waals surface area contributed by atoms with Crippen molar-refractivity contribution in [1.82, 2.24) is 5.32 Å². The molecule has 0 spiro atoms. The third-order valence-electron chi connectivity index (χ3n) is 2.12. The first-order chi connectivity index (χ1) is 6.74. The summed E-state index contributed by atoms with van der Waals surface area (Å²) in [4.78, 5) is 11.0. The van der Waals surface area contributed by atoms with Gasteiger partial charge in [0.2, 0.25) is 5.91 Å². The molecule has 0 saturated carbocycles. The first-order valence-electron chi connectivity index (χ1n) is 4.66. The monoisotopic (exact) mass is 209 g/mol. The van der Waals surface area contributed by atoms with Gasteiger partial charge in [0, 0.05) is 6.54 Å². The number of benzene rings is 1. The fourth-order valence-corrected chi connectivity index (χ4v) is 1.33. The van der Waals surface area contributed by atoms with E-state index in [-0.39, 0.29) is 11.7 Å². The van der Waals surface area contributed by atoms with Gasteiger partial charge in [-0.3, -0.25) is 4.79 Å². The molecule has 1 N–H and O–H groups in total. The Hall–Kier alpha value is -0.960. The molecule has 14 heavy (non-hydrogen) atoms. The number of nitrogens with one attached hydrogen (secondary N) is 1. The number of carbonyl (C=O) groups excluding carboxylic acids is 1. The number of amides is 1. The van der Waals surface area contributed by atoms with E-state index in [0.717, 1.165) is 0 Å². The maximum Gasteiger partial charge on any atom is 0.229 e. The molecule has 0 radical (unpaired) electrons. The van der Waals surface area contributed by atoms with Crippen molar-refractivity contribution in [3.63, 3.8) is 0 Å². The highest BCUT2D eigenvalue weighted by atomic mass is 32.1. The molecule has 1 aromatic carbocycles. The topological polar surface area (TPSA) is 29.1 Å². The molecule has 0 aliphatic carbocycles. The molecule has 0 aromatic heterocycles. The molecule has 0 aliphatic heterocycles. The van der Waals surface area contributed by atoms with E-state index in [0.29, 0.717) is 12.5 Å². The Labute approximate surface area is 90.1 Å². The lowest BCUT2D eigenvalue weighted by Gasteiger charge is -2.12. The Balaban J connectivity index is 2.43. The molecule has 1 rings (SSSR count). The Morgan fingerprint density at radius 1 is 1.43 bits per heavy atom. The molecule has 1 atom stereocenters. The molecular formula is C11H15NOS. The quantitative estimate of drug-likeness (QED) is 0.728. The van der Waals surface area contributed by atoms with Crippen LogP contribution in [-0.2, 0) is 4.79 Å². The molecule has 2 nitrogen and oxygen atoms in total. The van der Waals surface area contributed by atoms with Gasteiger partial charge in [0.25, 0.3) is 0 Å². The van der Waals surface area contributed by atoms with Crippen LogP contribution in [0.25, 0.3) is 0 Å². The van der Waals surface area contributed by atoms with Crippen LogP contribution in [0.3, 0.4) is 0 Å². The summed E-state index contributed by atoms with van der Waals surface area (Å²) in [7, 11) is 0. The summed E-state index contributed by atoms with van der Waals surface area (Å²) in [6.45, 7) is 2.76. The molecule has 0 bridgehead atoms. The molecule has 1 aromatic rings. The third kappa shape index (κ3) is 3.42. The van der Waals surface area contributed by atoms with Crippen molar-refractivity contribution in [2.75, 3.05) is 12.3 Å². The minimum Gasteiger partial charge on any atom is -0.355 e. The minimum absolute atomic E-state index is 0.0175. The van der Waals surface area contributed by atoms with Crippen molar-refractivity contribution in [1.29, 1.82) is 0 Å². The summed E-state index contributed by atoms with van der Waals surface area (Å²) in [6.07, 6.45) is 0. The lowest BCUT2D eigenvalue weighted by molar-refractivity contribution is -0.118. The Morgan fingerprint density at radius 2 is 2.07 bits per heavy atom. The van der Waals surface area contributed by atoms with Crippen molar-refractivity contribution >= 4 is 18.5 Å². The van der Waals surface area contributed by atoms with Crippen LogP contribution in [0.4, 0.5) is 0 Å². The minimum atomic E-state index is -0.0175. The van der Waals surface area contributed by atoms with Gasteiger partial charge in [0.05, 0.1) is 5.75 Å². The number of carbonyl (C=O) groups is 1. The molecule has 3 heteroatoms. The first kappa shape index (κ1) is 11.1. The zero-order chi connectivity index (χ0) is 10.4. The predicted octanol–water partition coefficient (Wildman–Crippen LogP) is 1.84. The van der Waals surface area contributed by atoms with Gasteiger partial charge in [-0.05, 0) is 11.5 Å². The van der Waals surface area contributed by atoms with Crippen molar-refractivity contribution < 1.29 is 4.79 Å². The van der Waals surface area contributed by atoms with Crippen LogP contribution >= 0.6 is 12.6 Å². The summed E-state index contributed by atoms with van der Waals surface area (Å²) in [5, 5.41) is 2.82. The predicted molar refractivity (Wildman–Crippen MR) is 61.7 cm³/mol. The summed E-state index contributed by atoms with van der Waals surface area (Å²) >= 11 is 3.89. The second-order valence-electron chi connectivity index (χ2n) is 3.27. The molecule has 1 unspecified atom stereocenters. The van der Waals surface area contributed by atoms with E-state index >= 15 is 0 Å². The molecule has 0 saturated heterocycles. The zero-order valence-electron chi connectivity index (χ0n) is 8.23. The number of thiol groups is 1. The standard InChI is InChI=1S/C11H15NOS/c1-9(7-12-11(13)8-14)10-5-3-2-4-6-10/h2-6,9,14H,7-8H2,1H3,(H,12,13). The second kappa shape index (κ2) is 5.70. The molecule has 0 aliphatic rings. The fraction of sp³-hybridized carbons (Fsp3) is 0.364. The molecule has 0 heterocycles. The van der Waals surface area contributed by atoms with Gasteiger partial charge in [-0.25, -0.2) is 0 Å². The van der Waals surface area contributed by atoms with E-state index in [4.69, 9.17) is 0 Å². The SMILES string of the molecule is CC(CNC(=O)CS)c1ccccc1. The number of hydrogen-bond donors (Lipinski definition) is 2. The lowest BCUT2D eigenvalue weighted by atomic mass is 10.0. The Bertz CT molecular complexity index is 287. The van der Waals surface area contributed by atoms with Crippen LogP contribution in [0.1, 0.15) is 18.4 Å². The van der Waals surface area contributed by atoms with Crippen LogP contribution in [0.15, 0.2) is 30.3 Å². The zero-order valence-corrected chi connectivity index (χ0v) is 9.13. The van der Waals surface area contributed by atoms with E-state index in [1.54, 1.807) is 0 Å². The van der Waals surface area contributed by atoms with Gasteiger partial charge in [-0.1, -0.05) is 37.3 Å². The van der Waals surface area contributed by atoms with Crippen LogP contribution < -0.4 is 5.32 Å². The van der Waals surface area contributed by atoms with Gasteiger partial charge in [0.1, 0.15) is 0 Å². The lowest BCUT2D eigenvalue weighted by Crippen LogP contribution is -2.28. The van der Waals surface area contributed by atoms with Crippen LogP contribution in [0.5, 0.6) is 0 Å². The molecule has 1 amide bonds. The van der Waals surface area contributed by atoms with Crippen LogP contribution in [0, 0.1) is 0 Å². The van der Waals surface area contributed by atoms with Crippen molar-refractivity contribution in [2.24, 2.45) is 0 Å².